The van der Waals surface area contributed by atoms with Crippen LogP contribution >= 0.6 is 0 Å². The molecule has 8 nitrogen and oxygen atoms in total. The summed E-state index contributed by atoms with van der Waals surface area (Å²) >= 11 is 0. The summed E-state index contributed by atoms with van der Waals surface area (Å²) < 4.78 is 31.3. The van der Waals surface area contributed by atoms with Crippen molar-refractivity contribution in [2.24, 2.45) is 0 Å². The molecule has 9 heteroatoms. The van der Waals surface area contributed by atoms with Gasteiger partial charge in [-0.25, -0.2) is 8.42 Å². The van der Waals surface area contributed by atoms with Gasteiger partial charge >= 0.3 is 0 Å². The van der Waals surface area contributed by atoms with Gasteiger partial charge in [0.25, 0.3) is 0 Å². The van der Waals surface area contributed by atoms with Crippen LogP contribution in [0.4, 0.5) is 5.69 Å². The second kappa shape index (κ2) is 11.5. The second-order valence-electron chi connectivity index (χ2n) is 7.30. The molecule has 0 bridgehead atoms. The lowest BCUT2D eigenvalue weighted by Gasteiger charge is -2.32. The molecule has 0 aliphatic rings. The predicted octanol–water partition coefficient (Wildman–Crippen LogP) is 2.40. The lowest BCUT2D eigenvalue weighted by Crippen LogP contribution is -2.52. The van der Waals surface area contributed by atoms with Crippen LogP contribution in [0.15, 0.2) is 54.6 Å². The maximum absolute atomic E-state index is 13.5. The zero-order valence-corrected chi connectivity index (χ0v) is 19.8. The number of hydrogen-bond acceptors (Lipinski definition) is 5. The van der Waals surface area contributed by atoms with Crippen molar-refractivity contribution in [3.63, 3.8) is 0 Å². The first-order valence-electron chi connectivity index (χ1n) is 10.4. The molecule has 0 fully saturated rings. The van der Waals surface area contributed by atoms with E-state index in [0.717, 1.165) is 16.1 Å². The van der Waals surface area contributed by atoms with E-state index < -0.39 is 28.5 Å². The summed E-state index contributed by atoms with van der Waals surface area (Å²) in [5.74, 6) is -0.273. The Morgan fingerprint density at radius 2 is 1.75 bits per heavy atom. The molecule has 2 aromatic rings. The maximum atomic E-state index is 13.5. The van der Waals surface area contributed by atoms with Gasteiger partial charge in [-0.05, 0) is 31.0 Å². The Morgan fingerprint density at radius 3 is 2.31 bits per heavy atom. The maximum Gasteiger partial charge on any atom is 0.244 e. The van der Waals surface area contributed by atoms with Crippen LogP contribution in [0.2, 0.25) is 0 Å². The molecule has 0 unspecified atom stereocenters. The monoisotopic (exact) mass is 461 g/mol. The average Bonchev–Trinajstić information content (AvgIpc) is 2.77. The molecular formula is C23H31N3O5S. The summed E-state index contributed by atoms with van der Waals surface area (Å²) in [6, 6.07) is 15.1. The average molecular weight is 462 g/mol. The Bertz CT molecular complexity index is 1010. The van der Waals surface area contributed by atoms with E-state index >= 15 is 0 Å². The minimum atomic E-state index is -3.78. The van der Waals surface area contributed by atoms with Gasteiger partial charge in [-0.3, -0.25) is 13.9 Å². The molecule has 1 atom stereocenters. The topological polar surface area (TPSA) is 96.0 Å². The predicted molar refractivity (Wildman–Crippen MR) is 125 cm³/mol. The Hall–Kier alpha value is -3.07. The highest BCUT2D eigenvalue weighted by molar-refractivity contribution is 7.92. The standard InChI is InChI=1S/C23H31N3O5S/c1-5-21(23(28)24-6-2)25(16-18-11-8-7-9-12-18)22(27)17-26(32(4,29)30)19-13-10-14-20(15-19)31-3/h7-15,21H,5-6,16-17H2,1-4H3,(H,24,28)/t21-/m0/s1. The van der Waals surface area contributed by atoms with Crippen LogP contribution in [-0.4, -0.2) is 57.6 Å². The van der Waals surface area contributed by atoms with Crippen molar-refractivity contribution in [1.82, 2.24) is 10.2 Å². The number of amides is 2. The molecular weight excluding hydrogens is 430 g/mol. The molecule has 0 spiro atoms. The van der Waals surface area contributed by atoms with Crippen molar-refractivity contribution < 1.29 is 22.7 Å². The number of hydrogen-bond donors (Lipinski definition) is 1. The molecule has 0 aliphatic carbocycles. The number of carbonyl (C=O) groups is 2. The van der Waals surface area contributed by atoms with Crippen LogP contribution in [-0.2, 0) is 26.2 Å². The van der Waals surface area contributed by atoms with Gasteiger partial charge in [0.05, 0.1) is 19.1 Å². The largest absolute Gasteiger partial charge is 0.497 e. The number of benzene rings is 2. The van der Waals surface area contributed by atoms with Gasteiger partial charge in [-0.2, -0.15) is 0 Å². The van der Waals surface area contributed by atoms with E-state index in [-0.39, 0.29) is 12.5 Å². The first-order chi connectivity index (χ1) is 15.2. The molecule has 2 rings (SSSR count). The van der Waals surface area contributed by atoms with E-state index in [0.29, 0.717) is 24.4 Å². The van der Waals surface area contributed by atoms with Gasteiger partial charge in [0.15, 0.2) is 0 Å². The van der Waals surface area contributed by atoms with Gasteiger partial charge in [-0.1, -0.05) is 43.3 Å². The van der Waals surface area contributed by atoms with Crippen LogP contribution in [0.1, 0.15) is 25.8 Å². The number of anilines is 1. The van der Waals surface area contributed by atoms with Gasteiger partial charge < -0.3 is 15.0 Å². The van der Waals surface area contributed by atoms with Crippen LogP contribution < -0.4 is 14.4 Å². The zero-order chi connectivity index (χ0) is 23.7. The molecule has 0 radical (unpaired) electrons. The number of nitrogens with zero attached hydrogens (tertiary/aromatic N) is 2. The third-order valence-corrected chi connectivity index (χ3v) is 6.09. The Kier molecular flexibility index (Phi) is 9.07. The Labute approximate surface area is 190 Å². The first kappa shape index (κ1) is 25.2. The van der Waals surface area contributed by atoms with Crippen LogP contribution in [0.5, 0.6) is 5.75 Å². The minimum absolute atomic E-state index is 0.186. The fourth-order valence-corrected chi connectivity index (χ4v) is 4.21. The molecule has 0 saturated heterocycles. The number of sulfonamides is 1. The van der Waals surface area contributed by atoms with Crippen molar-refractivity contribution in [1.29, 1.82) is 0 Å². The van der Waals surface area contributed by atoms with E-state index in [1.807, 2.05) is 44.2 Å². The summed E-state index contributed by atoms with van der Waals surface area (Å²) in [4.78, 5) is 27.6. The number of methoxy groups -OCH3 is 1. The Morgan fingerprint density at radius 1 is 1.06 bits per heavy atom. The van der Waals surface area contributed by atoms with E-state index in [1.54, 1.807) is 24.3 Å². The number of rotatable bonds is 11. The quantitative estimate of drug-likeness (QED) is 0.554. The zero-order valence-electron chi connectivity index (χ0n) is 18.9. The van der Waals surface area contributed by atoms with Crippen LogP contribution in [0.3, 0.4) is 0 Å². The van der Waals surface area contributed by atoms with Crippen LogP contribution in [0, 0.1) is 0 Å². The molecule has 1 N–H and O–H groups in total. The summed E-state index contributed by atoms with van der Waals surface area (Å²) in [5.41, 5.74) is 1.15. The van der Waals surface area contributed by atoms with Gasteiger partial charge in [0.1, 0.15) is 18.3 Å². The van der Waals surface area contributed by atoms with E-state index in [9.17, 15) is 18.0 Å². The molecule has 174 valence electrons. The molecule has 2 amide bonds. The summed E-state index contributed by atoms with van der Waals surface area (Å²) in [7, 11) is -2.30. The smallest absolute Gasteiger partial charge is 0.244 e. The van der Waals surface area contributed by atoms with Crippen LogP contribution in [0.25, 0.3) is 0 Å². The van der Waals surface area contributed by atoms with Gasteiger partial charge in [-0.15, -0.1) is 0 Å². The molecule has 0 saturated carbocycles. The van der Waals surface area contributed by atoms with Crippen molar-refractivity contribution in [2.45, 2.75) is 32.9 Å². The molecule has 2 aromatic carbocycles. The molecule has 0 heterocycles. The normalized spacial score (nSPS) is 12.0. The van der Waals surface area contributed by atoms with Crippen molar-refractivity contribution in [3.8, 4) is 5.75 Å². The second-order valence-corrected chi connectivity index (χ2v) is 9.20. The summed E-state index contributed by atoms with van der Waals surface area (Å²) in [5, 5.41) is 2.77. The summed E-state index contributed by atoms with van der Waals surface area (Å²) in [6.07, 6.45) is 1.44. The number of likely N-dealkylation sites (N-methyl/N-ethyl adjacent to an activating group) is 1. The van der Waals surface area contributed by atoms with Gasteiger partial charge in [0, 0.05) is 19.2 Å². The number of nitrogens with one attached hydrogen (secondary N) is 1. The highest BCUT2D eigenvalue weighted by atomic mass is 32.2. The minimum Gasteiger partial charge on any atom is -0.497 e. The number of ether oxygens (including phenoxy) is 1. The SMILES string of the molecule is CCNC(=O)[C@H](CC)N(Cc1ccccc1)C(=O)CN(c1cccc(OC)c1)S(C)(=O)=O. The summed E-state index contributed by atoms with van der Waals surface area (Å²) in [6.45, 7) is 3.81. The van der Waals surface area contributed by atoms with Gasteiger partial charge in [0.2, 0.25) is 21.8 Å². The molecule has 0 aliphatic heterocycles. The van der Waals surface area contributed by atoms with E-state index in [2.05, 4.69) is 5.32 Å². The highest BCUT2D eigenvalue weighted by Gasteiger charge is 2.31. The molecule has 0 aromatic heterocycles. The van der Waals surface area contributed by atoms with E-state index in [1.165, 1.54) is 12.0 Å². The fraction of sp³-hybridized carbons (Fsp3) is 0.391. The Balaban J connectivity index is 2.41. The highest BCUT2D eigenvalue weighted by Crippen LogP contribution is 2.24. The van der Waals surface area contributed by atoms with Crippen molar-refractivity contribution in [3.05, 3.63) is 60.2 Å². The third kappa shape index (κ3) is 6.71. The lowest BCUT2D eigenvalue weighted by atomic mass is 10.1. The van der Waals surface area contributed by atoms with Crippen molar-refractivity contribution >= 4 is 27.5 Å². The lowest BCUT2D eigenvalue weighted by molar-refractivity contribution is -0.140. The van der Waals surface area contributed by atoms with E-state index in [4.69, 9.17) is 4.74 Å². The fourth-order valence-electron chi connectivity index (χ4n) is 3.37. The molecule has 32 heavy (non-hydrogen) atoms. The first-order valence-corrected chi connectivity index (χ1v) is 12.3. The van der Waals surface area contributed by atoms with Crippen molar-refractivity contribution in [2.75, 3.05) is 30.8 Å². The third-order valence-electron chi connectivity index (χ3n) is 4.95. The number of carbonyl (C=O) groups excluding carboxylic acids is 2.